The molecule has 0 aliphatic rings. The molecule has 0 aliphatic carbocycles. The van der Waals surface area contributed by atoms with E-state index in [4.69, 9.17) is 0 Å². The van der Waals surface area contributed by atoms with Gasteiger partial charge < -0.3 is 5.53 Å². The average Bonchev–Trinajstić information content (AvgIpc) is 3.36. The maximum atomic E-state index is 10.4. The summed E-state index contributed by atoms with van der Waals surface area (Å²) >= 11 is 1.82. The molecule has 2 aromatic rings. The number of allylic oxidation sites excluding steroid dienone is 2. The van der Waals surface area contributed by atoms with Crippen molar-refractivity contribution >= 4 is 11.4 Å². The average molecular weight is 994 g/mol. The standard InChI is InChI=1S/C62H104N2.2C2H5.Ni/c1-9-17-25-30-32-36-43-56(51-64-63)61(46-38-33-31-26-18-10-2)62(57-47-52(39-22-14-6)59(44-24-16-8)53(48-57)40-23-15-7)58-49-54(41-34-27-19-11-3)60(45-37-29-21-13-5)55(50-58)42-35-28-20-12-4;2*1-2;/h47-50H,9-46H2,1-8H3;2*1H2,2H3;. The van der Waals surface area contributed by atoms with Gasteiger partial charge in [-0.25, -0.2) is 0 Å². The van der Waals surface area contributed by atoms with E-state index >= 15 is 0 Å². The molecule has 0 saturated carbocycles. The molecule has 0 heterocycles. The molecule has 0 radical (unpaired) electrons. The normalized spacial score (nSPS) is 11.6. The number of hydrogen-bond acceptors (Lipinski definition) is 0. The fourth-order valence-electron chi connectivity index (χ4n) is 10.3. The monoisotopic (exact) mass is 993 g/mol. The van der Waals surface area contributed by atoms with Gasteiger partial charge >= 0.3 is 44.9 Å². The SMILES string of the molecule is CCCCCCCCC(=C=[N+]=[N-])C(CCCCCCCC)=C(c1cc(CCCC)c(CCCC)c(CCCC)c1)c1cc(CCCCCC)c(CCCCCC)c(CCCCCC)c1.C[CH2][Ni][CH2]C. The van der Waals surface area contributed by atoms with E-state index in [0.717, 1.165) is 37.7 Å². The van der Waals surface area contributed by atoms with E-state index in [1.807, 2.05) is 14.4 Å². The molecule has 0 atom stereocenters. The quantitative estimate of drug-likeness (QED) is 0.0159. The van der Waals surface area contributed by atoms with Crippen molar-refractivity contribution in [1.29, 1.82) is 0 Å². The Bertz CT molecular complexity index is 1610. The Hall–Kier alpha value is -2.17. The van der Waals surface area contributed by atoms with Crippen LogP contribution in [0.4, 0.5) is 0 Å². The Balaban J connectivity index is 0.00000451. The van der Waals surface area contributed by atoms with E-state index in [1.54, 1.807) is 33.4 Å². The fourth-order valence-corrected chi connectivity index (χ4v) is 10.8. The first-order valence-electron chi connectivity index (χ1n) is 30.3. The van der Waals surface area contributed by atoms with Gasteiger partial charge in [-0.1, -0.05) is 221 Å². The fraction of sp³-hybridized carbons (Fsp3) is 0.758. The number of nitrogens with zero attached hydrogens (tertiary/aromatic N) is 2. The Kier molecular flexibility index (Phi) is 42.9. The van der Waals surface area contributed by atoms with Crippen molar-refractivity contribution in [3.63, 3.8) is 0 Å². The zero-order chi connectivity index (χ0) is 50.6. The summed E-state index contributed by atoms with van der Waals surface area (Å²) in [5, 5.41) is 2.56. The van der Waals surface area contributed by atoms with Crippen LogP contribution in [0.2, 0.25) is 10.8 Å². The van der Waals surface area contributed by atoms with Gasteiger partial charge in [-0.2, -0.15) is 0 Å². The zero-order valence-corrected chi connectivity index (χ0v) is 48.8. The Morgan fingerprint density at radius 2 is 0.681 bits per heavy atom. The maximum absolute atomic E-state index is 10.4. The molecule has 398 valence electrons. The summed E-state index contributed by atoms with van der Waals surface area (Å²) in [5.74, 6) is 3.32. The van der Waals surface area contributed by atoms with Gasteiger partial charge in [0.1, 0.15) is 0 Å². The second-order valence-electron chi connectivity index (χ2n) is 20.5. The third-order valence-electron chi connectivity index (χ3n) is 14.4. The predicted octanol–water partition coefficient (Wildman–Crippen LogP) is 22.2. The van der Waals surface area contributed by atoms with Gasteiger partial charge in [0.25, 0.3) is 0 Å². The number of unbranched alkanes of at least 4 members (excludes halogenated alkanes) is 22. The van der Waals surface area contributed by atoms with Crippen molar-refractivity contribution in [1.82, 2.24) is 0 Å². The first-order chi connectivity index (χ1) is 33.9. The van der Waals surface area contributed by atoms with Crippen molar-refractivity contribution in [2.45, 2.75) is 324 Å². The number of hydrogen-bond donors (Lipinski definition) is 0. The van der Waals surface area contributed by atoms with Gasteiger partial charge in [-0.05, 0) is 158 Å². The van der Waals surface area contributed by atoms with Crippen LogP contribution in [0.25, 0.3) is 11.1 Å². The van der Waals surface area contributed by atoms with E-state index < -0.39 is 0 Å². The summed E-state index contributed by atoms with van der Waals surface area (Å²) in [6.45, 7) is 23.1. The van der Waals surface area contributed by atoms with Crippen molar-refractivity contribution < 1.29 is 19.2 Å². The molecule has 3 heteroatoms. The summed E-state index contributed by atoms with van der Waals surface area (Å²) in [7, 11) is 0. The number of benzene rings is 2. The van der Waals surface area contributed by atoms with Crippen molar-refractivity contribution in [2.75, 3.05) is 0 Å². The first kappa shape index (κ1) is 64.8. The molecule has 69 heavy (non-hydrogen) atoms. The topological polar surface area (TPSA) is 36.4 Å². The number of aryl methyl sites for hydroxylation is 4. The van der Waals surface area contributed by atoms with E-state index in [9.17, 15) is 5.53 Å². The predicted molar refractivity (Wildman–Crippen MR) is 307 cm³/mol. The van der Waals surface area contributed by atoms with Gasteiger partial charge in [0.05, 0.1) is 5.57 Å². The van der Waals surface area contributed by atoms with Crippen LogP contribution < -0.4 is 0 Å². The summed E-state index contributed by atoms with van der Waals surface area (Å²) in [4.78, 5) is 3.78. The van der Waals surface area contributed by atoms with E-state index in [0.29, 0.717) is 0 Å². The van der Waals surface area contributed by atoms with Crippen molar-refractivity contribution in [3.8, 4) is 0 Å². The molecular weight excluding hydrogens is 879 g/mol. The minimum absolute atomic E-state index is 0.925. The third-order valence-corrected chi connectivity index (χ3v) is 15.4. The molecule has 0 aliphatic heterocycles. The molecule has 2 nitrogen and oxygen atoms in total. The Morgan fingerprint density at radius 1 is 0.377 bits per heavy atom. The van der Waals surface area contributed by atoms with Crippen LogP contribution in [0.5, 0.6) is 0 Å². The van der Waals surface area contributed by atoms with Crippen LogP contribution in [0.15, 0.2) is 35.4 Å². The molecule has 0 bridgehead atoms. The molecular formula is C66H114N2Ni. The molecule has 2 rings (SSSR count). The molecule has 0 fully saturated rings. The molecule has 0 saturated heterocycles. The van der Waals surface area contributed by atoms with Crippen molar-refractivity contribution in [2.24, 2.45) is 0 Å². The summed E-state index contributed by atoms with van der Waals surface area (Å²) in [6.07, 6.45) is 47.2. The van der Waals surface area contributed by atoms with Gasteiger partial charge in [-0.15, -0.1) is 4.79 Å². The Morgan fingerprint density at radius 3 is 1.04 bits per heavy atom. The van der Waals surface area contributed by atoms with E-state index in [1.165, 1.54) is 245 Å². The van der Waals surface area contributed by atoms with E-state index in [2.05, 4.69) is 104 Å². The second kappa shape index (κ2) is 45.7. The van der Waals surface area contributed by atoms with Crippen LogP contribution in [0.3, 0.4) is 0 Å². The molecule has 2 aromatic carbocycles. The summed E-state index contributed by atoms with van der Waals surface area (Å²) in [5.41, 5.74) is 27.1. The molecule has 0 aromatic heterocycles. The van der Waals surface area contributed by atoms with Crippen molar-refractivity contribution in [3.05, 3.63) is 85.5 Å². The Labute approximate surface area is 437 Å². The van der Waals surface area contributed by atoms with Gasteiger partial charge in [0.2, 0.25) is 0 Å². The van der Waals surface area contributed by atoms with Gasteiger partial charge in [-0.3, -0.25) is 0 Å². The van der Waals surface area contributed by atoms with Crippen LogP contribution in [-0.4, -0.2) is 10.7 Å². The van der Waals surface area contributed by atoms with Gasteiger partial charge in [0, 0.05) is 0 Å². The third kappa shape index (κ3) is 28.6. The van der Waals surface area contributed by atoms with E-state index in [-0.39, 0.29) is 0 Å². The first-order valence-corrected chi connectivity index (χ1v) is 31.7. The zero-order valence-electron chi connectivity index (χ0n) is 47.8. The van der Waals surface area contributed by atoms with Crippen LogP contribution in [-0.2, 0) is 53.0 Å². The summed E-state index contributed by atoms with van der Waals surface area (Å²) < 4.78 is 0. The minimum atomic E-state index is 0.925. The molecule has 0 N–H and O–H groups in total. The molecule has 0 spiro atoms. The molecule has 0 unspecified atom stereocenters. The number of rotatable bonds is 43. The second-order valence-corrected chi connectivity index (χ2v) is 22.4. The van der Waals surface area contributed by atoms with Crippen LogP contribution in [0, 0.1) is 0 Å². The summed E-state index contributed by atoms with van der Waals surface area (Å²) in [6, 6.07) is 10.7. The van der Waals surface area contributed by atoms with Gasteiger partial charge in [0.15, 0.2) is 0 Å². The van der Waals surface area contributed by atoms with Crippen LogP contribution >= 0.6 is 0 Å². The van der Waals surface area contributed by atoms with Crippen LogP contribution in [0.1, 0.15) is 319 Å². The molecule has 0 amide bonds.